The highest BCUT2D eigenvalue weighted by molar-refractivity contribution is 9.10. The molecule has 0 saturated carbocycles. The molecule has 0 heterocycles. The molecule has 0 saturated heterocycles. The lowest BCUT2D eigenvalue weighted by Crippen LogP contribution is -2.06. The van der Waals surface area contributed by atoms with Gasteiger partial charge in [0, 0.05) is 16.1 Å². The second-order valence-corrected chi connectivity index (χ2v) is 5.25. The third-order valence-corrected chi connectivity index (χ3v) is 3.27. The van der Waals surface area contributed by atoms with Crippen molar-refractivity contribution in [3.63, 3.8) is 0 Å². The summed E-state index contributed by atoms with van der Waals surface area (Å²) in [5, 5.41) is 0. The Balaban J connectivity index is 2.37. The Hall–Kier alpha value is -1.32. The summed E-state index contributed by atoms with van der Waals surface area (Å²) < 4.78 is 6.97. The molecule has 0 spiro atoms. The second kappa shape index (κ2) is 5.55. The molecule has 0 aliphatic heterocycles. The monoisotopic (exact) mass is 305 g/mol. The molecule has 2 rings (SSSR count). The summed E-state index contributed by atoms with van der Waals surface area (Å²) in [4.78, 5) is 0. The van der Waals surface area contributed by atoms with Crippen LogP contribution >= 0.6 is 15.9 Å². The molecule has 3 heteroatoms. The Morgan fingerprint density at radius 2 is 1.83 bits per heavy atom. The molecule has 18 heavy (non-hydrogen) atoms. The molecule has 1 atom stereocenters. The van der Waals surface area contributed by atoms with E-state index in [2.05, 4.69) is 15.9 Å². The average molecular weight is 306 g/mol. The summed E-state index contributed by atoms with van der Waals surface area (Å²) in [6.07, 6.45) is 0. The maximum atomic E-state index is 5.97. The number of hydrogen-bond acceptors (Lipinski definition) is 2. The first-order chi connectivity index (χ1) is 8.58. The number of aryl methyl sites for hydroxylation is 1. The molecule has 0 amide bonds. The quantitative estimate of drug-likeness (QED) is 0.901. The zero-order chi connectivity index (χ0) is 13.1. The third kappa shape index (κ3) is 2.92. The van der Waals surface area contributed by atoms with Gasteiger partial charge in [0.15, 0.2) is 0 Å². The van der Waals surface area contributed by atoms with E-state index in [1.54, 1.807) is 0 Å². The fraction of sp³-hybridized carbons (Fsp3) is 0.200. The number of ether oxygens (including phenoxy) is 1. The number of nitrogens with two attached hydrogens (primary N) is 1. The van der Waals surface area contributed by atoms with Crippen molar-refractivity contribution in [2.75, 3.05) is 0 Å². The van der Waals surface area contributed by atoms with Crippen LogP contribution < -0.4 is 10.5 Å². The second-order valence-electron chi connectivity index (χ2n) is 4.34. The molecule has 94 valence electrons. The maximum Gasteiger partial charge on any atom is 0.132 e. The van der Waals surface area contributed by atoms with Gasteiger partial charge in [0.2, 0.25) is 0 Å². The molecule has 0 aliphatic rings. The van der Waals surface area contributed by atoms with Crippen molar-refractivity contribution >= 4 is 15.9 Å². The SMILES string of the molecule is Cc1ccc(Br)cc1Oc1ccccc1[C@@H](C)N. The fourth-order valence-electron chi connectivity index (χ4n) is 1.75. The Labute approximate surface area is 116 Å². The summed E-state index contributed by atoms with van der Waals surface area (Å²) in [5.74, 6) is 1.66. The van der Waals surface area contributed by atoms with E-state index >= 15 is 0 Å². The van der Waals surface area contributed by atoms with Crippen molar-refractivity contribution < 1.29 is 4.74 Å². The van der Waals surface area contributed by atoms with Crippen molar-refractivity contribution in [2.24, 2.45) is 5.73 Å². The van der Waals surface area contributed by atoms with E-state index in [1.807, 2.05) is 56.3 Å². The highest BCUT2D eigenvalue weighted by atomic mass is 79.9. The van der Waals surface area contributed by atoms with Crippen LogP contribution in [0.5, 0.6) is 11.5 Å². The number of rotatable bonds is 3. The van der Waals surface area contributed by atoms with Gasteiger partial charge >= 0.3 is 0 Å². The van der Waals surface area contributed by atoms with Crippen LogP contribution in [-0.4, -0.2) is 0 Å². The minimum absolute atomic E-state index is 0.0475. The summed E-state index contributed by atoms with van der Waals surface area (Å²) in [5.41, 5.74) is 8.05. The van der Waals surface area contributed by atoms with Crippen LogP contribution in [0.1, 0.15) is 24.1 Å². The minimum atomic E-state index is -0.0475. The summed E-state index contributed by atoms with van der Waals surface area (Å²) in [6.45, 7) is 3.98. The molecule has 0 bridgehead atoms. The maximum absolute atomic E-state index is 5.97. The first-order valence-electron chi connectivity index (χ1n) is 5.86. The van der Waals surface area contributed by atoms with E-state index in [1.165, 1.54) is 0 Å². The van der Waals surface area contributed by atoms with Crippen LogP contribution in [0.25, 0.3) is 0 Å². The molecule has 2 N–H and O–H groups in total. The van der Waals surface area contributed by atoms with Crippen molar-refractivity contribution in [1.82, 2.24) is 0 Å². The molecule has 2 aromatic carbocycles. The van der Waals surface area contributed by atoms with E-state index in [4.69, 9.17) is 10.5 Å². The predicted octanol–water partition coefficient (Wildman–Crippen LogP) is 4.57. The van der Waals surface area contributed by atoms with Crippen molar-refractivity contribution in [3.05, 3.63) is 58.1 Å². The number of hydrogen-bond donors (Lipinski definition) is 1. The fourth-order valence-corrected chi connectivity index (χ4v) is 2.09. The zero-order valence-corrected chi connectivity index (χ0v) is 12.1. The van der Waals surface area contributed by atoms with E-state index < -0.39 is 0 Å². The van der Waals surface area contributed by atoms with Crippen LogP contribution in [0, 0.1) is 6.92 Å². The molecule has 0 aliphatic carbocycles. The molecular formula is C15H16BrNO. The molecule has 0 radical (unpaired) electrons. The van der Waals surface area contributed by atoms with Crippen LogP contribution in [-0.2, 0) is 0 Å². The van der Waals surface area contributed by atoms with E-state index in [0.717, 1.165) is 27.1 Å². The lowest BCUT2D eigenvalue weighted by molar-refractivity contribution is 0.468. The van der Waals surface area contributed by atoms with Gasteiger partial charge in [0.25, 0.3) is 0 Å². The Bertz CT molecular complexity index is 552. The van der Waals surface area contributed by atoms with Gasteiger partial charge in [-0.05, 0) is 37.6 Å². The van der Waals surface area contributed by atoms with Gasteiger partial charge in [-0.1, -0.05) is 40.2 Å². The molecule has 0 unspecified atom stereocenters. The van der Waals surface area contributed by atoms with E-state index in [9.17, 15) is 0 Å². The van der Waals surface area contributed by atoms with E-state index in [0.29, 0.717) is 0 Å². The number of para-hydroxylation sites is 1. The summed E-state index contributed by atoms with van der Waals surface area (Å²) in [6, 6.07) is 13.8. The highest BCUT2D eigenvalue weighted by Crippen LogP contribution is 2.31. The van der Waals surface area contributed by atoms with Crippen LogP contribution in [0.3, 0.4) is 0 Å². The topological polar surface area (TPSA) is 35.2 Å². The Morgan fingerprint density at radius 3 is 2.56 bits per heavy atom. The van der Waals surface area contributed by atoms with E-state index in [-0.39, 0.29) is 6.04 Å². The van der Waals surface area contributed by atoms with Gasteiger partial charge in [0.1, 0.15) is 11.5 Å². The van der Waals surface area contributed by atoms with Crippen LogP contribution in [0.4, 0.5) is 0 Å². The zero-order valence-electron chi connectivity index (χ0n) is 10.5. The lowest BCUT2D eigenvalue weighted by atomic mass is 10.1. The Kier molecular flexibility index (Phi) is 4.04. The highest BCUT2D eigenvalue weighted by Gasteiger charge is 2.09. The van der Waals surface area contributed by atoms with Crippen molar-refractivity contribution in [3.8, 4) is 11.5 Å². The smallest absolute Gasteiger partial charge is 0.132 e. The molecule has 2 aromatic rings. The van der Waals surface area contributed by atoms with Crippen LogP contribution in [0.15, 0.2) is 46.9 Å². The van der Waals surface area contributed by atoms with Crippen molar-refractivity contribution in [1.29, 1.82) is 0 Å². The molecule has 2 nitrogen and oxygen atoms in total. The number of halogens is 1. The summed E-state index contributed by atoms with van der Waals surface area (Å²) >= 11 is 3.45. The van der Waals surface area contributed by atoms with Crippen LogP contribution in [0.2, 0.25) is 0 Å². The van der Waals surface area contributed by atoms with Gasteiger partial charge in [-0.2, -0.15) is 0 Å². The Morgan fingerprint density at radius 1 is 1.11 bits per heavy atom. The third-order valence-electron chi connectivity index (χ3n) is 2.78. The van der Waals surface area contributed by atoms with Gasteiger partial charge in [-0.25, -0.2) is 0 Å². The predicted molar refractivity (Wildman–Crippen MR) is 78.0 cm³/mol. The largest absolute Gasteiger partial charge is 0.457 e. The van der Waals surface area contributed by atoms with Crippen molar-refractivity contribution in [2.45, 2.75) is 19.9 Å². The first-order valence-corrected chi connectivity index (χ1v) is 6.65. The number of benzene rings is 2. The lowest BCUT2D eigenvalue weighted by Gasteiger charge is -2.15. The normalized spacial score (nSPS) is 12.2. The van der Waals surface area contributed by atoms with Gasteiger partial charge in [-0.3, -0.25) is 0 Å². The first kappa shape index (κ1) is 13.1. The molecule has 0 fully saturated rings. The van der Waals surface area contributed by atoms with Gasteiger partial charge in [0.05, 0.1) is 0 Å². The minimum Gasteiger partial charge on any atom is -0.457 e. The van der Waals surface area contributed by atoms with Gasteiger partial charge < -0.3 is 10.5 Å². The average Bonchev–Trinajstić information content (AvgIpc) is 2.34. The molecular weight excluding hydrogens is 290 g/mol. The van der Waals surface area contributed by atoms with Gasteiger partial charge in [-0.15, -0.1) is 0 Å². The summed E-state index contributed by atoms with van der Waals surface area (Å²) in [7, 11) is 0. The standard InChI is InChI=1S/C15H16BrNO/c1-10-7-8-12(16)9-15(10)18-14-6-4-3-5-13(14)11(2)17/h3-9,11H,17H2,1-2H3/t11-/m1/s1. The molecule has 0 aromatic heterocycles.